The zero-order valence-corrected chi connectivity index (χ0v) is 17.8. The highest BCUT2D eigenvalue weighted by Crippen LogP contribution is 2.27. The van der Waals surface area contributed by atoms with Crippen LogP contribution in [0.3, 0.4) is 0 Å². The fourth-order valence-corrected chi connectivity index (χ4v) is 3.48. The molecule has 1 heterocycles. The lowest BCUT2D eigenvalue weighted by molar-refractivity contribution is -0.159. The zero-order valence-electron chi connectivity index (χ0n) is 17.8. The van der Waals surface area contributed by atoms with Gasteiger partial charge in [-0.25, -0.2) is 4.79 Å². The van der Waals surface area contributed by atoms with Gasteiger partial charge < -0.3 is 10.1 Å². The summed E-state index contributed by atoms with van der Waals surface area (Å²) in [5, 5.41) is 2.72. The van der Waals surface area contributed by atoms with Crippen molar-refractivity contribution < 1.29 is 23.9 Å². The van der Waals surface area contributed by atoms with Gasteiger partial charge in [0.2, 0.25) is 0 Å². The van der Waals surface area contributed by atoms with Crippen LogP contribution in [0.5, 0.6) is 0 Å². The van der Waals surface area contributed by atoms with Gasteiger partial charge in [0.25, 0.3) is 17.7 Å². The smallest absolute Gasteiger partial charge is 0.330 e. The second-order valence-electron chi connectivity index (χ2n) is 7.95. The summed E-state index contributed by atoms with van der Waals surface area (Å²) < 4.78 is 5.37. The molecule has 0 saturated carbocycles. The molecule has 2 aromatic carbocycles. The highest BCUT2D eigenvalue weighted by molar-refractivity contribution is 6.22. The Morgan fingerprint density at radius 1 is 0.903 bits per heavy atom. The van der Waals surface area contributed by atoms with Crippen molar-refractivity contribution in [2.75, 3.05) is 0 Å². The molecule has 0 aliphatic carbocycles. The summed E-state index contributed by atoms with van der Waals surface area (Å²) in [7, 11) is 0. The fourth-order valence-electron chi connectivity index (χ4n) is 3.48. The molecular formula is C24H26N2O5. The van der Waals surface area contributed by atoms with Crippen LogP contribution in [-0.4, -0.2) is 40.7 Å². The van der Waals surface area contributed by atoms with Crippen molar-refractivity contribution in [1.82, 2.24) is 10.2 Å². The fraction of sp³-hybridized carbons (Fsp3) is 0.333. The minimum absolute atomic E-state index is 0.0177. The van der Waals surface area contributed by atoms with E-state index in [2.05, 4.69) is 5.32 Å². The summed E-state index contributed by atoms with van der Waals surface area (Å²) >= 11 is 0. The number of esters is 1. The first-order chi connectivity index (χ1) is 14.8. The minimum atomic E-state index is -1.10. The van der Waals surface area contributed by atoms with E-state index >= 15 is 0 Å². The third kappa shape index (κ3) is 4.99. The van der Waals surface area contributed by atoms with Crippen LogP contribution in [-0.2, 0) is 20.9 Å². The number of benzene rings is 2. The van der Waals surface area contributed by atoms with E-state index in [1.165, 1.54) is 6.92 Å². The molecule has 1 aliphatic rings. The molecule has 2 aromatic rings. The van der Waals surface area contributed by atoms with Gasteiger partial charge in [-0.15, -0.1) is 0 Å². The van der Waals surface area contributed by atoms with Gasteiger partial charge in [-0.2, -0.15) is 0 Å². The van der Waals surface area contributed by atoms with Crippen LogP contribution in [0.25, 0.3) is 0 Å². The van der Waals surface area contributed by atoms with Crippen LogP contribution in [0, 0.1) is 5.92 Å². The van der Waals surface area contributed by atoms with Crippen molar-refractivity contribution in [1.29, 1.82) is 0 Å². The number of nitrogens with zero attached hydrogens (tertiary/aromatic N) is 1. The molecule has 0 bridgehead atoms. The zero-order chi connectivity index (χ0) is 22.5. The van der Waals surface area contributed by atoms with Crippen molar-refractivity contribution in [3.63, 3.8) is 0 Å². The molecule has 1 aliphatic heterocycles. The molecule has 0 saturated heterocycles. The molecule has 2 atom stereocenters. The van der Waals surface area contributed by atoms with Gasteiger partial charge in [0.1, 0.15) is 6.04 Å². The number of carbonyl (C=O) groups excluding carboxylic acids is 4. The third-order valence-corrected chi connectivity index (χ3v) is 5.08. The van der Waals surface area contributed by atoms with Gasteiger partial charge in [0, 0.05) is 6.54 Å². The van der Waals surface area contributed by atoms with Crippen molar-refractivity contribution >= 4 is 23.7 Å². The Morgan fingerprint density at radius 2 is 1.45 bits per heavy atom. The Balaban J connectivity index is 1.69. The average Bonchev–Trinajstić information content (AvgIpc) is 3.01. The lowest BCUT2D eigenvalue weighted by Crippen LogP contribution is -2.48. The number of fused-ring (bicyclic) bond motifs is 1. The van der Waals surface area contributed by atoms with E-state index in [4.69, 9.17) is 4.74 Å². The topological polar surface area (TPSA) is 92.8 Å². The summed E-state index contributed by atoms with van der Waals surface area (Å²) in [5.41, 5.74) is 1.45. The maximum absolute atomic E-state index is 12.9. The van der Waals surface area contributed by atoms with E-state index in [1.807, 2.05) is 44.2 Å². The third-order valence-electron chi connectivity index (χ3n) is 5.08. The molecule has 0 radical (unpaired) electrons. The number of amides is 3. The van der Waals surface area contributed by atoms with Gasteiger partial charge in [0.15, 0.2) is 6.10 Å². The van der Waals surface area contributed by atoms with Crippen molar-refractivity contribution in [2.24, 2.45) is 5.92 Å². The predicted molar refractivity (Wildman–Crippen MR) is 114 cm³/mol. The number of hydrogen-bond acceptors (Lipinski definition) is 5. The molecule has 0 spiro atoms. The van der Waals surface area contributed by atoms with Crippen molar-refractivity contribution in [3.05, 3.63) is 71.3 Å². The van der Waals surface area contributed by atoms with Gasteiger partial charge in [-0.05, 0) is 37.0 Å². The van der Waals surface area contributed by atoms with Gasteiger partial charge in [-0.1, -0.05) is 56.3 Å². The van der Waals surface area contributed by atoms with E-state index in [-0.39, 0.29) is 23.5 Å². The summed E-state index contributed by atoms with van der Waals surface area (Å²) in [6.45, 7) is 5.53. The Labute approximate surface area is 181 Å². The maximum atomic E-state index is 12.9. The molecule has 7 nitrogen and oxygen atoms in total. The van der Waals surface area contributed by atoms with Crippen LogP contribution >= 0.6 is 0 Å². The maximum Gasteiger partial charge on any atom is 0.330 e. The van der Waals surface area contributed by atoms with E-state index in [9.17, 15) is 19.2 Å². The first-order valence-electron chi connectivity index (χ1n) is 10.3. The second-order valence-corrected chi connectivity index (χ2v) is 7.95. The quantitative estimate of drug-likeness (QED) is 0.522. The Hall–Kier alpha value is -3.48. The second kappa shape index (κ2) is 9.55. The number of rotatable bonds is 8. The lowest BCUT2D eigenvalue weighted by atomic mass is 10.0. The number of hydrogen-bond donors (Lipinski definition) is 1. The Kier molecular flexibility index (Phi) is 6.84. The van der Waals surface area contributed by atoms with Crippen molar-refractivity contribution in [3.8, 4) is 0 Å². The molecule has 0 unspecified atom stereocenters. The van der Waals surface area contributed by atoms with Crippen LogP contribution in [0.4, 0.5) is 0 Å². The lowest BCUT2D eigenvalue weighted by Gasteiger charge is -2.27. The van der Waals surface area contributed by atoms with Crippen LogP contribution in [0.15, 0.2) is 54.6 Å². The standard InChI is InChI=1S/C24H26N2O5/c1-15(2)13-20(26-22(28)18-11-7-8-12-19(18)23(26)29)24(30)31-16(3)21(27)25-14-17-9-5-4-6-10-17/h4-12,15-16,20H,13-14H2,1-3H3,(H,25,27)/t16-,20-/m0/s1. The van der Waals surface area contributed by atoms with Crippen LogP contribution in [0.2, 0.25) is 0 Å². The molecule has 3 amide bonds. The molecule has 7 heteroatoms. The summed E-state index contributed by atoms with van der Waals surface area (Å²) in [6.07, 6.45) is -0.830. The molecule has 1 N–H and O–H groups in total. The monoisotopic (exact) mass is 422 g/mol. The number of carbonyl (C=O) groups is 4. The number of imide groups is 1. The summed E-state index contributed by atoms with van der Waals surface area (Å²) in [5.74, 6) is -2.26. The van der Waals surface area contributed by atoms with E-state index in [0.717, 1.165) is 10.5 Å². The van der Waals surface area contributed by atoms with E-state index in [1.54, 1.807) is 24.3 Å². The minimum Gasteiger partial charge on any atom is -0.451 e. The van der Waals surface area contributed by atoms with Crippen LogP contribution < -0.4 is 5.32 Å². The average molecular weight is 422 g/mol. The molecule has 0 fully saturated rings. The summed E-state index contributed by atoms with van der Waals surface area (Å²) in [4.78, 5) is 52.0. The Morgan fingerprint density at radius 3 is 2.00 bits per heavy atom. The first-order valence-corrected chi connectivity index (χ1v) is 10.3. The van der Waals surface area contributed by atoms with E-state index in [0.29, 0.717) is 6.54 Å². The Bertz CT molecular complexity index is 951. The number of nitrogens with one attached hydrogen (secondary N) is 1. The molecule has 162 valence electrons. The van der Waals surface area contributed by atoms with Crippen LogP contribution in [0.1, 0.15) is 53.5 Å². The van der Waals surface area contributed by atoms with Gasteiger partial charge in [0.05, 0.1) is 11.1 Å². The normalized spacial score (nSPS) is 14.9. The van der Waals surface area contributed by atoms with Gasteiger partial charge >= 0.3 is 5.97 Å². The summed E-state index contributed by atoms with van der Waals surface area (Å²) in [6, 6.07) is 14.7. The molecule has 31 heavy (non-hydrogen) atoms. The first kappa shape index (κ1) is 22.2. The molecular weight excluding hydrogens is 396 g/mol. The highest BCUT2D eigenvalue weighted by atomic mass is 16.5. The predicted octanol–water partition coefficient (Wildman–Crippen LogP) is 2.95. The highest BCUT2D eigenvalue weighted by Gasteiger charge is 2.44. The SMILES string of the molecule is CC(C)C[C@@H](C(=O)O[C@@H](C)C(=O)NCc1ccccc1)N1C(=O)c2ccccc2C1=O. The van der Waals surface area contributed by atoms with E-state index < -0.39 is 35.8 Å². The molecule has 0 aromatic heterocycles. The molecule has 3 rings (SSSR count). The largest absolute Gasteiger partial charge is 0.451 e. The number of ether oxygens (including phenoxy) is 1. The van der Waals surface area contributed by atoms with Crippen molar-refractivity contribution in [2.45, 2.75) is 45.9 Å². The van der Waals surface area contributed by atoms with Gasteiger partial charge in [-0.3, -0.25) is 19.3 Å².